The molecule has 2 aromatic heterocycles. The first-order chi connectivity index (χ1) is 19.3. The van der Waals surface area contributed by atoms with Crippen molar-refractivity contribution in [2.75, 3.05) is 28.4 Å². The second kappa shape index (κ2) is 9.55. The summed E-state index contributed by atoms with van der Waals surface area (Å²) in [5, 5.41) is 4.70. The topological polar surface area (TPSA) is 106 Å². The van der Waals surface area contributed by atoms with Crippen molar-refractivity contribution >= 4 is 11.4 Å². The molecule has 0 spiro atoms. The monoisotopic (exact) mass is 542 g/mol. The molecule has 1 aliphatic heterocycles. The highest BCUT2D eigenvalue weighted by molar-refractivity contribution is 6.00. The Morgan fingerprint density at radius 1 is 0.900 bits per heavy atom. The van der Waals surface area contributed by atoms with Crippen LogP contribution in [0.4, 0.5) is 0 Å². The van der Waals surface area contributed by atoms with E-state index in [1.54, 1.807) is 39.3 Å². The molecule has 1 atom stereocenters. The molecule has 0 N–H and O–H groups in total. The Kier molecular flexibility index (Phi) is 6.13. The molecule has 0 bridgehead atoms. The van der Waals surface area contributed by atoms with Crippen LogP contribution >= 0.6 is 0 Å². The third-order valence-electron chi connectivity index (χ3n) is 7.45. The molecule has 0 saturated carbocycles. The first-order valence-electron chi connectivity index (χ1n) is 12.9. The summed E-state index contributed by atoms with van der Waals surface area (Å²) in [7, 11) is 6.35. The van der Waals surface area contributed by atoms with Crippen LogP contribution in [-0.2, 0) is 4.79 Å². The van der Waals surface area contributed by atoms with Gasteiger partial charge in [0.15, 0.2) is 40.3 Å². The van der Waals surface area contributed by atoms with Gasteiger partial charge in [-0.3, -0.25) is 4.79 Å². The number of nitrogens with zero attached hydrogens (tertiary/aromatic N) is 4. The van der Waals surface area contributed by atoms with Gasteiger partial charge in [0.2, 0.25) is 5.88 Å². The maximum Gasteiger partial charge on any atom is 0.228 e. The van der Waals surface area contributed by atoms with Gasteiger partial charge in [-0.25, -0.2) is 14.5 Å². The number of benzene rings is 2. The molecule has 1 aliphatic carbocycles. The number of aromatic nitrogens is 4. The molecule has 0 unspecified atom stereocenters. The minimum absolute atomic E-state index is 0.0401. The third-order valence-corrected chi connectivity index (χ3v) is 7.45. The van der Waals surface area contributed by atoms with E-state index in [4.69, 9.17) is 33.8 Å². The van der Waals surface area contributed by atoms with Crippen molar-refractivity contribution < 1.29 is 28.5 Å². The van der Waals surface area contributed by atoms with Crippen LogP contribution < -0.4 is 23.7 Å². The van der Waals surface area contributed by atoms with Crippen molar-refractivity contribution in [2.24, 2.45) is 5.41 Å². The predicted octanol–water partition coefficient (Wildman–Crippen LogP) is 4.99. The summed E-state index contributed by atoms with van der Waals surface area (Å²) in [5.74, 6) is 3.40. The number of hydrogen-bond donors (Lipinski definition) is 0. The first kappa shape index (κ1) is 25.7. The highest BCUT2D eigenvalue weighted by Crippen LogP contribution is 2.51. The smallest absolute Gasteiger partial charge is 0.228 e. The Labute approximate surface area is 231 Å². The highest BCUT2D eigenvalue weighted by Gasteiger charge is 2.44. The number of fused-ring (bicyclic) bond motifs is 3. The Balaban J connectivity index is 1.58. The highest BCUT2D eigenvalue weighted by atomic mass is 16.5. The lowest BCUT2D eigenvalue weighted by atomic mass is 9.70. The van der Waals surface area contributed by atoms with Gasteiger partial charge < -0.3 is 23.7 Å². The van der Waals surface area contributed by atoms with Crippen LogP contribution in [0.15, 0.2) is 54.1 Å². The van der Waals surface area contributed by atoms with Crippen LogP contribution in [0.25, 0.3) is 17.0 Å². The molecule has 0 saturated heterocycles. The fraction of sp³-hybridized carbons (Fsp3) is 0.333. The second-order valence-corrected chi connectivity index (χ2v) is 10.7. The van der Waals surface area contributed by atoms with Gasteiger partial charge in [0.25, 0.3) is 0 Å². The fourth-order valence-corrected chi connectivity index (χ4v) is 5.61. The minimum atomic E-state index is -0.485. The number of ketones is 1. The molecule has 0 fully saturated rings. The predicted molar refractivity (Wildman–Crippen MR) is 146 cm³/mol. The van der Waals surface area contributed by atoms with Crippen molar-refractivity contribution in [1.29, 1.82) is 0 Å². The van der Waals surface area contributed by atoms with E-state index >= 15 is 0 Å². The summed E-state index contributed by atoms with van der Waals surface area (Å²) in [6.45, 7) is 4.15. The van der Waals surface area contributed by atoms with Crippen molar-refractivity contribution in [3.63, 3.8) is 0 Å². The van der Waals surface area contributed by atoms with Crippen LogP contribution in [0.3, 0.4) is 0 Å². The average molecular weight is 543 g/mol. The van der Waals surface area contributed by atoms with E-state index in [9.17, 15) is 4.79 Å². The molecule has 3 heterocycles. The van der Waals surface area contributed by atoms with E-state index in [1.165, 1.54) is 0 Å². The van der Waals surface area contributed by atoms with Gasteiger partial charge in [-0.05, 0) is 41.3 Å². The zero-order valence-corrected chi connectivity index (χ0v) is 23.3. The Hall–Kier alpha value is -4.60. The quantitative estimate of drug-likeness (QED) is 0.333. The van der Waals surface area contributed by atoms with Crippen LogP contribution in [0.2, 0.25) is 0 Å². The molecule has 2 aliphatic rings. The van der Waals surface area contributed by atoms with E-state index in [-0.39, 0.29) is 11.2 Å². The van der Waals surface area contributed by atoms with Crippen molar-refractivity contribution in [2.45, 2.75) is 32.6 Å². The largest absolute Gasteiger partial charge is 0.493 e. The number of ether oxygens (including phenoxy) is 5. The third kappa shape index (κ3) is 4.11. The number of Topliss-reactive ketones (excluding diaryl/α,β-unsaturated/α-hetero) is 1. The molecule has 4 aromatic rings. The molecule has 40 heavy (non-hydrogen) atoms. The van der Waals surface area contributed by atoms with Crippen LogP contribution in [0.1, 0.15) is 43.7 Å². The molecule has 0 amide bonds. The van der Waals surface area contributed by atoms with Gasteiger partial charge in [0, 0.05) is 24.0 Å². The zero-order valence-electron chi connectivity index (χ0n) is 23.3. The van der Waals surface area contributed by atoms with E-state index in [2.05, 4.69) is 18.8 Å². The summed E-state index contributed by atoms with van der Waals surface area (Å²) in [5.41, 5.74) is 3.18. The van der Waals surface area contributed by atoms with Gasteiger partial charge in [-0.15, -0.1) is 5.10 Å². The molecule has 206 valence electrons. The van der Waals surface area contributed by atoms with Crippen LogP contribution in [0.5, 0.6) is 28.9 Å². The van der Waals surface area contributed by atoms with Crippen LogP contribution in [0, 0.1) is 5.41 Å². The Morgan fingerprint density at radius 3 is 2.27 bits per heavy atom. The van der Waals surface area contributed by atoms with Gasteiger partial charge in [0.1, 0.15) is 12.1 Å². The molecular formula is C30H30N4O6. The summed E-state index contributed by atoms with van der Waals surface area (Å²) >= 11 is 0. The maximum absolute atomic E-state index is 13.7. The summed E-state index contributed by atoms with van der Waals surface area (Å²) in [6.07, 6.45) is 2.61. The van der Waals surface area contributed by atoms with Gasteiger partial charge in [-0.1, -0.05) is 19.9 Å². The van der Waals surface area contributed by atoms with E-state index in [0.29, 0.717) is 70.1 Å². The fourth-order valence-electron chi connectivity index (χ4n) is 5.61. The standard InChI is InChI=1S/C30H30N4O6/c1-30(2)13-18(35)25-23(14-30)40-29-26(24(25)16-7-9-19(36-3)21(11-16)38-5)28-32-27(33-34(28)15-31-29)17-8-10-20(37-4)22(12-17)39-6/h7-12,15,24H,13-14H2,1-6H3/t24-/m1/s1. The number of rotatable bonds is 6. The van der Waals surface area contributed by atoms with Gasteiger partial charge in [0.05, 0.1) is 39.9 Å². The lowest BCUT2D eigenvalue weighted by Crippen LogP contribution is -2.33. The van der Waals surface area contributed by atoms with Crippen molar-refractivity contribution in [3.8, 4) is 40.3 Å². The normalized spacial score (nSPS) is 17.6. The average Bonchev–Trinajstić information content (AvgIpc) is 3.39. The first-order valence-corrected chi connectivity index (χ1v) is 12.9. The Morgan fingerprint density at radius 2 is 1.57 bits per heavy atom. The van der Waals surface area contributed by atoms with E-state index in [1.807, 2.05) is 36.4 Å². The number of carbonyl (C=O) groups excluding carboxylic acids is 1. The summed E-state index contributed by atoms with van der Waals surface area (Å²) < 4.78 is 29.9. The summed E-state index contributed by atoms with van der Waals surface area (Å²) in [6, 6.07) is 11.2. The lowest BCUT2D eigenvalue weighted by molar-refractivity contribution is -0.118. The zero-order chi connectivity index (χ0) is 28.2. The SMILES string of the molecule is COc1ccc(-c2nc3c4c(ncn3n2)OC2=C(C(=O)CC(C)(C)C2)[C@H]4c2ccc(OC)c(OC)c2)cc1OC. The minimum Gasteiger partial charge on any atom is -0.493 e. The maximum atomic E-state index is 13.7. The molecule has 2 aromatic carbocycles. The van der Waals surface area contributed by atoms with Gasteiger partial charge in [-0.2, -0.15) is 0 Å². The van der Waals surface area contributed by atoms with Crippen LogP contribution in [-0.4, -0.2) is 53.8 Å². The molecular weight excluding hydrogens is 512 g/mol. The lowest BCUT2D eigenvalue weighted by Gasteiger charge is -2.37. The van der Waals surface area contributed by atoms with E-state index in [0.717, 1.165) is 11.1 Å². The van der Waals surface area contributed by atoms with Gasteiger partial charge >= 0.3 is 0 Å². The van der Waals surface area contributed by atoms with Crippen molar-refractivity contribution in [3.05, 3.63) is 65.2 Å². The van der Waals surface area contributed by atoms with Crippen molar-refractivity contribution in [1.82, 2.24) is 19.6 Å². The second-order valence-electron chi connectivity index (χ2n) is 10.7. The molecule has 6 rings (SSSR count). The molecule has 10 nitrogen and oxygen atoms in total. The number of methoxy groups -OCH3 is 4. The number of carbonyl (C=O) groups is 1. The summed E-state index contributed by atoms with van der Waals surface area (Å²) in [4.78, 5) is 23.3. The number of allylic oxidation sites excluding steroid dienone is 2. The number of hydrogen-bond acceptors (Lipinski definition) is 9. The molecule has 0 radical (unpaired) electrons. The Bertz CT molecular complexity index is 1690. The molecule has 10 heteroatoms. The van der Waals surface area contributed by atoms with E-state index < -0.39 is 5.92 Å².